The molecule has 0 atom stereocenters. The van der Waals surface area contributed by atoms with Crippen molar-refractivity contribution in [3.8, 4) is 17.2 Å². The Kier molecular flexibility index (Phi) is 8.68. The molecular formula is C28H26BrN3O4S. The van der Waals surface area contributed by atoms with E-state index in [1.54, 1.807) is 30.7 Å². The second kappa shape index (κ2) is 12.1. The Labute approximate surface area is 228 Å². The maximum absolute atomic E-state index is 12.7. The van der Waals surface area contributed by atoms with Gasteiger partial charge < -0.3 is 14.8 Å². The normalized spacial score (nSPS) is 10.7. The van der Waals surface area contributed by atoms with Gasteiger partial charge in [0, 0.05) is 22.8 Å². The fraction of sp³-hybridized carbons (Fsp3) is 0.179. The summed E-state index contributed by atoms with van der Waals surface area (Å²) in [4.78, 5) is 29.6. The van der Waals surface area contributed by atoms with E-state index in [0.717, 1.165) is 21.5 Å². The molecule has 0 bridgehead atoms. The van der Waals surface area contributed by atoms with Crippen molar-refractivity contribution in [1.82, 2.24) is 9.55 Å². The highest BCUT2D eigenvalue weighted by molar-refractivity contribution is 9.10. The van der Waals surface area contributed by atoms with E-state index >= 15 is 0 Å². The maximum Gasteiger partial charge on any atom is 0.234 e. The van der Waals surface area contributed by atoms with Crippen molar-refractivity contribution in [3.05, 3.63) is 94.2 Å². The predicted octanol–water partition coefficient (Wildman–Crippen LogP) is 6.46. The molecule has 190 valence electrons. The molecule has 4 rings (SSSR count). The molecule has 1 amide bonds. The van der Waals surface area contributed by atoms with E-state index in [0.29, 0.717) is 34.6 Å². The summed E-state index contributed by atoms with van der Waals surface area (Å²) in [6.07, 6.45) is 0. The maximum atomic E-state index is 12.7. The molecule has 3 aromatic carbocycles. The van der Waals surface area contributed by atoms with Crippen molar-refractivity contribution in [3.63, 3.8) is 0 Å². The van der Waals surface area contributed by atoms with Gasteiger partial charge in [-0.15, -0.1) is 0 Å². The van der Waals surface area contributed by atoms with Gasteiger partial charge in [-0.2, -0.15) is 0 Å². The summed E-state index contributed by atoms with van der Waals surface area (Å²) in [5.74, 6) is 1.38. The van der Waals surface area contributed by atoms with Gasteiger partial charge in [0.25, 0.3) is 0 Å². The highest BCUT2D eigenvalue weighted by Crippen LogP contribution is 2.27. The van der Waals surface area contributed by atoms with Crippen LogP contribution in [-0.2, 0) is 11.4 Å². The van der Waals surface area contributed by atoms with Crippen LogP contribution in [0.15, 0.2) is 82.4 Å². The molecule has 1 heterocycles. The standard InChI is InChI=1S/C28H26BrN3O4S/c1-18-27(19(2)33)32(23-10-6-21(29)7-11-23)28(30-18)37-17-26(34)31-22-8-14-25(15-9-22)36-16-20-4-12-24(35-3)13-5-20/h4-15H,16-17H2,1-3H3,(H,31,34). The van der Waals surface area contributed by atoms with Gasteiger partial charge in [-0.25, -0.2) is 4.98 Å². The minimum absolute atomic E-state index is 0.0847. The number of imidazole rings is 1. The topological polar surface area (TPSA) is 82.5 Å². The summed E-state index contributed by atoms with van der Waals surface area (Å²) >= 11 is 4.72. The molecule has 0 spiro atoms. The lowest BCUT2D eigenvalue weighted by molar-refractivity contribution is -0.113. The summed E-state index contributed by atoms with van der Waals surface area (Å²) in [6, 6.07) is 22.5. The second-order valence-electron chi connectivity index (χ2n) is 8.19. The third kappa shape index (κ3) is 6.81. The van der Waals surface area contributed by atoms with Crippen molar-refractivity contribution < 1.29 is 19.1 Å². The van der Waals surface area contributed by atoms with Gasteiger partial charge in [0.05, 0.1) is 18.6 Å². The van der Waals surface area contributed by atoms with Crippen LogP contribution in [-0.4, -0.2) is 34.1 Å². The average molecular weight is 581 g/mol. The number of carbonyl (C=O) groups excluding carboxylic acids is 2. The van der Waals surface area contributed by atoms with E-state index in [1.807, 2.05) is 60.7 Å². The van der Waals surface area contributed by atoms with Gasteiger partial charge in [0.15, 0.2) is 10.9 Å². The minimum Gasteiger partial charge on any atom is -0.497 e. The number of nitrogens with zero attached hydrogens (tertiary/aromatic N) is 2. The molecule has 0 saturated heterocycles. The Hall–Kier alpha value is -3.56. The zero-order chi connectivity index (χ0) is 26.4. The highest BCUT2D eigenvalue weighted by atomic mass is 79.9. The molecular weight excluding hydrogens is 554 g/mol. The Balaban J connectivity index is 1.36. The van der Waals surface area contributed by atoms with E-state index in [-0.39, 0.29) is 17.4 Å². The van der Waals surface area contributed by atoms with Crippen LogP contribution in [0.3, 0.4) is 0 Å². The summed E-state index contributed by atoms with van der Waals surface area (Å²) in [6.45, 7) is 3.75. The quantitative estimate of drug-likeness (QED) is 0.171. The van der Waals surface area contributed by atoms with Gasteiger partial charge >= 0.3 is 0 Å². The SMILES string of the molecule is COc1ccc(COc2ccc(NC(=O)CSc3nc(C)c(C(C)=O)n3-c3ccc(Br)cc3)cc2)cc1. The Morgan fingerprint density at radius 3 is 2.24 bits per heavy atom. The molecule has 37 heavy (non-hydrogen) atoms. The summed E-state index contributed by atoms with van der Waals surface area (Å²) in [7, 11) is 1.63. The molecule has 9 heteroatoms. The first-order chi connectivity index (χ1) is 17.8. The minimum atomic E-state index is -0.177. The summed E-state index contributed by atoms with van der Waals surface area (Å²) in [5.41, 5.74) is 3.64. The largest absolute Gasteiger partial charge is 0.497 e. The molecule has 7 nitrogen and oxygen atoms in total. The highest BCUT2D eigenvalue weighted by Gasteiger charge is 2.20. The number of benzene rings is 3. The smallest absolute Gasteiger partial charge is 0.234 e. The Bertz CT molecular complexity index is 1380. The Morgan fingerprint density at radius 2 is 1.62 bits per heavy atom. The molecule has 1 aromatic heterocycles. The van der Waals surface area contributed by atoms with Gasteiger partial charge in [-0.1, -0.05) is 39.8 Å². The number of Topliss-reactive ketones (excluding diaryl/α,β-unsaturated/α-hetero) is 1. The molecule has 0 fully saturated rings. The van der Waals surface area contributed by atoms with E-state index in [1.165, 1.54) is 18.7 Å². The summed E-state index contributed by atoms with van der Waals surface area (Å²) in [5, 5.41) is 3.48. The molecule has 0 unspecified atom stereocenters. The number of anilines is 1. The van der Waals surface area contributed by atoms with Crippen LogP contribution >= 0.6 is 27.7 Å². The average Bonchev–Trinajstić information content (AvgIpc) is 3.24. The van der Waals surface area contributed by atoms with Gasteiger partial charge in [-0.05, 0) is 73.2 Å². The van der Waals surface area contributed by atoms with Gasteiger partial charge in [0.1, 0.15) is 23.8 Å². The molecule has 0 aliphatic rings. The molecule has 0 aliphatic carbocycles. The molecule has 0 aliphatic heterocycles. The van der Waals surface area contributed by atoms with Gasteiger partial charge in [-0.3, -0.25) is 14.2 Å². The third-order valence-corrected chi connectivity index (χ3v) is 6.94. The molecule has 0 radical (unpaired) electrons. The number of ether oxygens (including phenoxy) is 2. The van der Waals surface area contributed by atoms with Crippen LogP contribution < -0.4 is 14.8 Å². The number of nitrogens with one attached hydrogen (secondary N) is 1. The number of aryl methyl sites for hydroxylation is 1. The molecule has 4 aromatic rings. The number of thioether (sulfide) groups is 1. The number of rotatable bonds is 10. The van der Waals surface area contributed by atoms with E-state index in [9.17, 15) is 9.59 Å². The first-order valence-electron chi connectivity index (χ1n) is 11.5. The van der Waals surface area contributed by atoms with Crippen molar-refractivity contribution in [2.45, 2.75) is 25.6 Å². The zero-order valence-electron chi connectivity index (χ0n) is 20.7. The van der Waals surface area contributed by atoms with E-state index in [2.05, 4.69) is 26.2 Å². The number of aromatic nitrogens is 2. The number of hydrogen-bond acceptors (Lipinski definition) is 6. The van der Waals surface area contributed by atoms with E-state index < -0.39 is 0 Å². The van der Waals surface area contributed by atoms with Crippen molar-refractivity contribution in [2.75, 3.05) is 18.2 Å². The lowest BCUT2D eigenvalue weighted by atomic mass is 10.2. The van der Waals surface area contributed by atoms with Crippen LogP contribution in [0.4, 0.5) is 5.69 Å². The van der Waals surface area contributed by atoms with Crippen LogP contribution in [0, 0.1) is 6.92 Å². The molecule has 1 N–H and O–H groups in total. The van der Waals surface area contributed by atoms with Crippen LogP contribution in [0.5, 0.6) is 11.5 Å². The van der Waals surface area contributed by atoms with Crippen LogP contribution in [0.1, 0.15) is 28.7 Å². The monoisotopic (exact) mass is 579 g/mol. The number of ketones is 1. The predicted molar refractivity (Wildman–Crippen MR) is 149 cm³/mol. The number of hydrogen-bond donors (Lipinski definition) is 1. The zero-order valence-corrected chi connectivity index (χ0v) is 23.1. The number of halogens is 1. The van der Waals surface area contributed by atoms with Crippen LogP contribution in [0.2, 0.25) is 0 Å². The number of amides is 1. The molecule has 0 saturated carbocycles. The fourth-order valence-electron chi connectivity index (χ4n) is 3.69. The van der Waals surface area contributed by atoms with Gasteiger partial charge in [0.2, 0.25) is 5.91 Å². The first kappa shape index (κ1) is 26.5. The number of carbonyl (C=O) groups is 2. The van der Waals surface area contributed by atoms with Crippen LogP contribution in [0.25, 0.3) is 5.69 Å². The second-order valence-corrected chi connectivity index (χ2v) is 10.1. The summed E-state index contributed by atoms with van der Waals surface area (Å²) < 4.78 is 13.7. The fourth-order valence-corrected chi connectivity index (χ4v) is 4.82. The lowest BCUT2D eigenvalue weighted by Crippen LogP contribution is -2.15. The Morgan fingerprint density at radius 1 is 0.973 bits per heavy atom. The number of methoxy groups -OCH3 is 1. The third-order valence-electron chi connectivity index (χ3n) is 5.47. The lowest BCUT2D eigenvalue weighted by Gasteiger charge is -2.11. The van der Waals surface area contributed by atoms with Crippen molar-refractivity contribution in [1.29, 1.82) is 0 Å². The van der Waals surface area contributed by atoms with Crippen molar-refractivity contribution >= 4 is 45.1 Å². The van der Waals surface area contributed by atoms with Crippen molar-refractivity contribution in [2.24, 2.45) is 0 Å². The van der Waals surface area contributed by atoms with E-state index in [4.69, 9.17) is 9.47 Å². The first-order valence-corrected chi connectivity index (χ1v) is 13.3.